The highest BCUT2D eigenvalue weighted by Gasteiger charge is 2.11. The van der Waals surface area contributed by atoms with E-state index in [4.69, 9.17) is 4.74 Å². The van der Waals surface area contributed by atoms with E-state index in [2.05, 4.69) is 32.2 Å². The van der Waals surface area contributed by atoms with E-state index in [1.54, 1.807) is 36.9 Å². The Morgan fingerprint density at radius 2 is 2.04 bits per heavy atom. The van der Waals surface area contributed by atoms with Gasteiger partial charge >= 0.3 is 0 Å². The van der Waals surface area contributed by atoms with Crippen LogP contribution in [0.15, 0.2) is 30.6 Å². The molecule has 0 aliphatic rings. The molecule has 0 aromatic carbocycles. The summed E-state index contributed by atoms with van der Waals surface area (Å²) < 4.78 is 5.05. The van der Waals surface area contributed by atoms with Crippen LogP contribution >= 0.6 is 11.3 Å². The van der Waals surface area contributed by atoms with E-state index in [-0.39, 0.29) is 0 Å². The molecule has 0 saturated carbocycles. The highest BCUT2D eigenvalue weighted by molar-refractivity contribution is 7.15. The number of nitrogens with zero attached hydrogens (tertiary/aromatic N) is 4. The van der Waals surface area contributed by atoms with Gasteiger partial charge in [0.1, 0.15) is 0 Å². The number of ether oxygens (including phenoxy) is 1. The van der Waals surface area contributed by atoms with E-state index < -0.39 is 0 Å². The van der Waals surface area contributed by atoms with Crippen LogP contribution in [0.25, 0.3) is 10.6 Å². The fourth-order valence-corrected chi connectivity index (χ4v) is 3.06. The number of pyridine rings is 1. The average Bonchev–Trinajstić information content (AvgIpc) is 2.97. The maximum atomic E-state index is 5.05. The first-order chi connectivity index (χ1) is 11.2. The second-order valence-electron chi connectivity index (χ2n) is 4.86. The molecule has 7 heteroatoms. The summed E-state index contributed by atoms with van der Waals surface area (Å²) >= 11 is 1.67. The van der Waals surface area contributed by atoms with E-state index in [1.165, 1.54) is 0 Å². The number of nitrogens with one attached hydrogen (secondary N) is 1. The van der Waals surface area contributed by atoms with Gasteiger partial charge in [0.25, 0.3) is 0 Å². The Labute approximate surface area is 138 Å². The summed E-state index contributed by atoms with van der Waals surface area (Å²) in [6, 6.07) is 5.56. The molecule has 6 nitrogen and oxygen atoms in total. The summed E-state index contributed by atoms with van der Waals surface area (Å²) in [6.07, 6.45) is 4.35. The van der Waals surface area contributed by atoms with E-state index >= 15 is 0 Å². The van der Waals surface area contributed by atoms with Crippen molar-refractivity contribution in [3.05, 3.63) is 41.3 Å². The first kappa shape index (κ1) is 15.4. The highest BCUT2D eigenvalue weighted by Crippen LogP contribution is 2.29. The lowest BCUT2D eigenvalue weighted by molar-refractivity contribution is 0.398. The van der Waals surface area contributed by atoms with Crippen LogP contribution in [-0.2, 0) is 6.42 Å². The Hall–Kier alpha value is -2.54. The van der Waals surface area contributed by atoms with Crippen LogP contribution in [0.2, 0.25) is 0 Å². The van der Waals surface area contributed by atoms with E-state index in [0.717, 1.165) is 33.4 Å². The summed E-state index contributed by atoms with van der Waals surface area (Å²) in [4.78, 5) is 18.6. The topological polar surface area (TPSA) is 72.8 Å². The number of anilines is 2. The third kappa shape index (κ3) is 3.45. The zero-order valence-electron chi connectivity index (χ0n) is 13.2. The van der Waals surface area contributed by atoms with Crippen molar-refractivity contribution in [2.24, 2.45) is 0 Å². The Morgan fingerprint density at radius 3 is 2.70 bits per heavy atom. The van der Waals surface area contributed by atoms with Gasteiger partial charge in [-0.05, 0) is 25.5 Å². The molecule has 0 radical (unpaired) electrons. The Balaban J connectivity index is 1.85. The molecule has 0 unspecified atom stereocenters. The SMILES string of the molecule is CCc1nc(C)c(-c2ccnc(Nc3ccc(OC)nc3)n2)s1. The zero-order valence-corrected chi connectivity index (χ0v) is 14.0. The normalized spacial score (nSPS) is 10.6. The number of rotatable bonds is 5. The maximum Gasteiger partial charge on any atom is 0.227 e. The molecule has 0 fully saturated rings. The summed E-state index contributed by atoms with van der Waals surface area (Å²) in [6.45, 7) is 4.11. The van der Waals surface area contributed by atoms with Gasteiger partial charge in [-0.25, -0.2) is 19.9 Å². The van der Waals surface area contributed by atoms with Gasteiger partial charge in [0.05, 0.1) is 40.3 Å². The van der Waals surface area contributed by atoms with Gasteiger partial charge in [-0.3, -0.25) is 0 Å². The minimum Gasteiger partial charge on any atom is -0.481 e. The van der Waals surface area contributed by atoms with Crippen LogP contribution in [0, 0.1) is 6.92 Å². The molecule has 3 rings (SSSR count). The van der Waals surface area contributed by atoms with Crippen LogP contribution in [0.3, 0.4) is 0 Å². The second kappa shape index (κ2) is 6.70. The lowest BCUT2D eigenvalue weighted by atomic mass is 10.3. The number of hydrogen-bond donors (Lipinski definition) is 1. The van der Waals surface area contributed by atoms with Crippen LogP contribution in [0.5, 0.6) is 5.88 Å². The Morgan fingerprint density at radius 1 is 1.17 bits per heavy atom. The minimum absolute atomic E-state index is 0.528. The summed E-state index contributed by atoms with van der Waals surface area (Å²) in [7, 11) is 1.59. The van der Waals surface area contributed by atoms with Crippen molar-refractivity contribution in [2.75, 3.05) is 12.4 Å². The number of methoxy groups -OCH3 is 1. The van der Waals surface area contributed by atoms with Gasteiger partial charge in [0.15, 0.2) is 0 Å². The van der Waals surface area contributed by atoms with Crippen LogP contribution in [0.4, 0.5) is 11.6 Å². The molecule has 0 bridgehead atoms. The van der Waals surface area contributed by atoms with Gasteiger partial charge in [-0.2, -0.15) is 0 Å². The molecule has 0 amide bonds. The monoisotopic (exact) mass is 327 g/mol. The molecule has 3 aromatic heterocycles. The van der Waals surface area contributed by atoms with Crippen molar-refractivity contribution in [2.45, 2.75) is 20.3 Å². The molecule has 0 atom stereocenters. The molecular formula is C16H17N5OS. The van der Waals surface area contributed by atoms with Crippen molar-refractivity contribution in [3.63, 3.8) is 0 Å². The fraction of sp³-hybridized carbons (Fsp3) is 0.250. The van der Waals surface area contributed by atoms with Crippen molar-refractivity contribution >= 4 is 23.0 Å². The summed E-state index contributed by atoms with van der Waals surface area (Å²) in [5, 5.41) is 4.27. The van der Waals surface area contributed by atoms with Crippen LogP contribution in [0.1, 0.15) is 17.6 Å². The van der Waals surface area contributed by atoms with Crippen molar-refractivity contribution in [1.29, 1.82) is 0 Å². The molecular weight excluding hydrogens is 310 g/mol. The standard InChI is InChI=1S/C16H17N5OS/c1-4-14-19-10(2)15(23-14)12-7-8-17-16(21-12)20-11-5-6-13(22-3)18-9-11/h5-9H,4H2,1-3H3,(H,17,20,21). The highest BCUT2D eigenvalue weighted by atomic mass is 32.1. The molecule has 118 valence electrons. The number of aryl methyl sites for hydroxylation is 2. The summed E-state index contributed by atoms with van der Waals surface area (Å²) in [5.41, 5.74) is 2.68. The lowest BCUT2D eigenvalue weighted by Gasteiger charge is -2.06. The predicted molar refractivity (Wildman–Crippen MR) is 91.3 cm³/mol. The van der Waals surface area contributed by atoms with Gasteiger partial charge in [0.2, 0.25) is 11.8 Å². The number of thiazole rings is 1. The predicted octanol–water partition coefficient (Wildman–Crippen LogP) is 3.62. The first-order valence-electron chi connectivity index (χ1n) is 7.26. The average molecular weight is 327 g/mol. The third-order valence-electron chi connectivity index (χ3n) is 3.23. The quantitative estimate of drug-likeness (QED) is 0.771. The van der Waals surface area contributed by atoms with Crippen LogP contribution < -0.4 is 10.1 Å². The third-order valence-corrected chi connectivity index (χ3v) is 4.56. The van der Waals surface area contributed by atoms with Gasteiger partial charge < -0.3 is 10.1 Å². The molecule has 0 aliphatic carbocycles. The van der Waals surface area contributed by atoms with E-state index in [1.807, 2.05) is 19.1 Å². The van der Waals surface area contributed by atoms with Crippen molar-refractivity contribution in [3.8, 4) is 16.5 Å². The Kier molecular flexibility index (Phi) is 4.47. The molecule has 1 N–H and O–H groups in total. The van der Waals surface area contributed by atoms with Gasteiger partial charge in [0, 0.05) is 12.3 Å². The molecule has 0 spiro atoms. The minimum atomic E-state index is 0.528. The molecule has 3 aromatic rings. The first-order valence-corrected chi connectivity index (χ1v) is 8.08. The van der Waals surface area contributed by atoms with E-state index in [0.29, 0.717) is 11.8 Å². The smallest absolute Gasteiger partial charge is 0.227 e. The zero-order chi connectivity index (χ0) is 16.2. The lowest BCUT2D eigenvalue weighted by Crippen LogP contribution is -1.98. The molecule has 23 heavy (non-hydrogen) atoms. The molecule has 0 aliphatic heterocycles. The van der Waals surface area contributed by atoms with Gasteiger partial charge in [-0.15, -0.1) is 11.3 Å². The number of hydrogen-bond acceptors (Lipinski definition) is 7. The molecule has 3 heterocycles. The van der Waals surface area contributed by atoms with Gasteiger partial charge in [-0.1, -0.05) is 6.92 Å². The van der Waals surface area contributed by atoms with Crippen molar-refractivity contribution < 1.29 is 4.74 Å². The Bertz CT molecular complexity index is 800. The second-order valence-corrected chi connectivity index (χ2v) is 5.94. The maximum absolute atomic E-state index is 5.05. The van der Waals surface area contributed by atoms with E-state index in [9.17, 15) is 0 Å². The van der Waals surface area contributed by atoms with Crippen molar-refractivity contribution in [1.82, 2.24) is 19.9 Å². The largest absolute Gasteiger partial charge is 0.481 e. The van der Waals surface area contributed by atoms with Crippen LogP contribution in [-0.4, -0.2) is 27.0 Å². The number of aromatic nitrogens is 4. The summed E-state index contributed by atoms with van der Waals surface area (Å²) in [5.74, 6) is 1.10. The molecule has 0 saturated heterocycles. The fourth-order valence-electron chi connectivity index (χ4n) is 2.09.